The number of benzene rings is 3. The predicted octanol–water partition coefficient (Wildman–Crippen LogP) is 5.07. The van der Waals surface area contributed by atoms with Gasteiger partial charge in [0.15, 0.2) is 5.75 Å². The Morgan fingerprint density at radius 1 is 1.07 bits per heavy atom. The first-order valence-electron chi connectivity index (χ1n) is 9.06. The number of nitrogens with zero attached hydrogens (tertiary/aromatic N) is 1. The van der Waals surface area contributed by atoms with E-state index < -0.39 is 12.0 Å². The number of ether oxygens (including phenoxy) is 1. The maximum Gasteiger partial charge on any atom is 0.320 e. The fourth-order valence-electron chi connectivity index (χ4n) is 2.98. The molecule has 3 N–H and O–H groups in total. The Morgan fingerprint density at radius 2 is 1.70 bits per heavy atom. The van der Waals surface area contributed by atoms with Gasteiger partial charge in [-0.1, -0.05) is 65.7 Å². The Kier molecular flexibility index (Phi) is 6.96. The first-order chi connectivity index (χ1) is 14.4. The molecule has 0 amide bonds. The second-order valence-electron chi connectivity index (χ2n) is 6.68. The zero-order valence-electron chi connectivity index (χ0n) is 15.8. The lowest BCUT2D eigenvalue weighted by atomic mass is 9.99. The Bertz CT molecular complexity index is 1090. The summed E-state index contributed by atoms with van der Waals surface area (Å²) in [7, 11) is 0. The number of rotatable bonds is 7. The van der Waals surface area contributed by atoms with Gasteiger partial charge in [0.2, 0.25) is 0 Å². The molecule has 0 aliphatic carbocycles. The molecule has 5 nitrogen and oxygen atoms in total. The fourth-order valence-corrected chi connectivity index (χ4v) is 3.62. The summed E-state index contributed by atoms with van der Waals surface area (Å²) in [5.41, 5.74) is 9.50. The molecule has 3 aromatic carbocycles. The van der Waals surface area contributed by atoms with Crippen LogP contribution in [0.15, 0.2) is 60.7 Å². The van der Waals surface area contributed by atoms with Gasteiger partial charge in [-0.15, -0.1) is 0 Å². The van der Waals surface area contributed by atoms with Gasteiger partial charge in [-0.2, -0.15) is 5.26 Å². The van der Waals surface area contributed by atoms with Crippen LogP contribution < -0.4 is 10.5 Å². The van der Waals surface area contributed by atoms with Gasteiger partial charge in [0.1, 0.15) is 12.6 Å². The van der Waals surface area contributed by atoms with Crippen molar-refractivity contribution in [3.63, 3.8) is 0 Å². The number of aliphatic carboxylic acids is 1. The standard InChI is InChI=1S/C23H18Cl2N2O3/c24-19-9-15(11-21(27)23(28)29)10-20(25)22(19)30-13-14-5-7-16(8-6-14)18-4-2-1-3-17(18)12-26/h1-10,21H,11,13,27H2,(H,28,29). The third-order valence-electron chi connectivity index (χ3n) is 4.53. The van der Waals surface area contributed by atoms with Crippen molar-refractivity contribution in [1.29, 1.82) is 5.26 Å². The lowest BCUT2D eigenvalue weighted by molar-refractivity contribution is -0.138. The number of nitriles is 1. The number of nitrogens with two attached hydrogens (primary N) is 1. The van der Waals surface area contributed by atoms with Crippen molar-refractivity contribution in [2.45, 2.75) is 19.1 Å². The first-order valence-corrected chi connectivity index (χ1v) is 9.82. The summed E-state index contributed by atoms with van der Waals surface area (Å²) >= 11 is 12.5. The van der Waals surface area contributed by atoms with Crippen molar-refractivity contribution in [1.82, 2.24) is 0 Å². The molecule has 0 heterocycles. The number of carboxylic acids is 1. The maximum absolute atomic E-state index is 10.9. The molecule has 1 atom stereocenters. The molecular formula is C23H18Cl2N2O3. The first kappa shape index (κ1) is 21.7. The van der Waals surface area contributed by atoms with Gasteiger partial charge < -0.3 is 15.6 Å². The van der Waals surface area contributed by atoms with Gasteiger partial charge in [0.05, 0.1) is 21.7 Å². The predicted molar refractivity (Wildman–Crippen MR) is 117 cm³/mol. The van der Waals surface area contributed by atoms with Crippen LogP contribution in [0, 0.1) is 11.3 Å². The van der Waals surface area contributed by atoms with Crippen LogP contribution >= 0.6 is 23.2 Å². The average molecular weight is 441 g/mol. The molecule has 0 aromatic heterocycles. The van der Waals surface area contributed by atoms with Crippen molar-refractivity contribution in [2.75, 3.05) is 0 Å². The molecule has 3 aromatic rings. The zero-order valence-corrected chi connectivity index (χ0v) is 17.3. The van der Waals surface area contributed by atoms with Crippen molar-refractivity contribution >= 4 is 29.2 Å². The lowest BCUT2D eigenvalue weighted by Gasteiger charge is -2.13. The van der Waals surface area contributed by atoms with Gasteiger partial charge >= 0.3 is 5.97 Å². The molecule has 30 heavy (non-hydrogen) atoms. The van der Waals surface area contributed by atoms with E-state index in [1.807, 2.05) is 42.5 Å². The summed E-state index contributed by atoms with van der Waals surface area (Å²) in [6, 6.07) is 19.4. The summed E-state index contributed by atoms with van der Waals surface area (Å²) in [5.74, 6) is -0.770. The van der Waals surface area contributed by atoms with E-state index in [0.717, 1.165) is 16.7 Å². The molecule has 0 bridgehead atoms. The number of hydrogen-bond acceptors (Lipinski definition) is 4. The van der Waals surface area contributed by atoms with Crippen LogP contribution in [-0.2, 0) is 17.8 Å². The van der Waals surface area contributed by atoms with Crippen molar-refractivity contribution in [3.8, 4) is 22.9 Å². The molecule has 0 saturated heterocycles. The molecule has 0 spiro atoms. The highest BCUT2D eigenvalue weighted by molar-refractivity contribution is 6.37. The van der Waals surface area contributed by atoms with E-state index in [2.05, 4.69) is 6.07 Å². The zero-order chi connectivity index (χ0) is 21.7. The van der Waals surface area contributed by atoms with E-state index in [1.165, 1.54) is 0 Å². The Balaban J connectivity index is 1.71. The normalized spacial score (nSPS) is 11.5. The minimum atomic E-state index is -1.09. The van der Waals surface area contributed by atoms with Gasteiger partial charge in [0, 0.05) is 0 Å². The smallest absolute Gasteiger partial charge is 0.320 e. The number of carboxylic acid groups (broad SMARTS) is 1. The van der Waals surface area contributed by atoms with Gasteiger partial charge in [-0.3, -0.25) is 4.79 Å². The fraction of sp³-hybridized carbons (Fsp3) is 0.130. The van der Waals surface area contributed by atoms with Crippen LogP contribution in [0.25, 0.3) is 11.1 Å². The van der Waals surface area contributed by atoms with Crippen molar-refractivity contribution in [2.24, 2.45) is 5.73 Å². The Labute approximate surface area is 184 Å². The minimum Gasteiger partial charge on any atom is -0.486 e. The third-order valence-corrected chi connectivity index (χ3v) is 5.09. The quantitative estimate of drug-likeness (QED) is 0.534. The SMILES string of the molecule is N#Cc1ccccc1-c1ccc(COc2c(Cl)cc(CC(N)C(=O)O)cc2Cl)cc1. The Hall–Kier alpha value is -3.04. The molecule has 152 valence electrons. The van der Waals surface area contributed by atoms with E-state index in [4.69, 9.17) is 38.8 Å². The second-order valence-corrected chi connectivity index (χ2v) is 7.49. The monoisotopic (exact) mass is 440 g/mol. The van der Waals surface area contributed by atoms with E-state index in [-0.39, 0.29) is 23.1 Å². The Morgan fingerprint density at radius 3 is 2.30 bits per heavy atom. The van der Waals surface area contributed by atoms with Crippen LogP contribution in [0.2, 0.25) is 10.0 Å². The van der Waals surface area contributed by atoms with Crippen LogP contribution in [0.4, 0.5) is 0 Å². The second kappa shape index (κ2) is 9.64. The third kappa shape index (κ3) is 5.11. The number of halogens is 2. The highest BCUT2D eigenvalue weighted by Gasteiger charge is 2.16. The molecule has 0 aliphatic rings. The van der Waals surface area contributed by atoms with Gasteiger partial charge in [0.25, 0.3) is 0 Å². The molecule has 1 unspecified atom stereocenters. The van der Waals surface area contributed by atoms with Crippen molar-refractivity contribution in [3.05, 3.63) is 87.4 Å². The summed E-state index contributed by atoms with van der Waals surface area (Å²) in [6.45, 7) is 0.244. The van der Waals surface area contributed by atoms with E-state index in [0.29, 0.717) is 16.9 Å². The van der Waals surface area contributed by atoms with E-state index in [1.54, 1.807) is 18.2 Å². The molecule has 0 saturated carbocycles. The lowest BCUT2D eigenvalue weighted by Crippen LogP contribution is -2.32. The largest absolute Gasteiger partial charge is 0.486 e. The van der Waals surface area contributed by atoms with Crippen LogP contribution in [0.3, 0.4) is 0 Å². The van der Waals surface area contributed by atoms with E-state index >= 15 is 0 Å². The summed E-state index contributed by atoms with van der Waals surface area (Å²) in [6.07, 6.45) is 0.112. The highest BCUT2D eigenvalue weighted by Crippen LogP contribution is 2.35. The van der Waals surface area contributed by atoms with Gasteiger partial charge in [-0.05, 0) is 46.9 Å². The minimum absolute atomic E-state index is 0.112. The van der Waals surface area contributed by atoms with E-state index in [9.17, 15) is 10.1 Å². The molecule has 7 heteroatoms. The number of hydrogen-bond donors (Lipinski definition) is 2. The molecule has 3 rings (SSSR count). The molecular weight excluding hydrogens is 423 g/mol. The molecule has 0 fully saturated rings. The summed E-state index contributed by atoms with van der Waals surface area (Å²) < 4.78 is 5.79. The van der Waals surface area contributed by atoms with Crippen LogP contribution in [-0.4, -0.2) is 17.1 Å². The topological polar surface area (TPSA) is 96.3 Å². The maximum atomic E-state index is 10.9. The summed E-state index contributed by atoms with van der Waals surface area (Å²) in [5, 5.41) is 18.8. The summed E-state index contributed by atoms with van der Waals surface area (Å²) in [4.78, 5) is 10.9. The van der Waals surface area contributed by atoms with Crippen LogP contribution in [0.5, 0.6) is 5.75 Å². The average Bonchev–Trinajstić information content (AvgIpc) is 2.73. The highest BCUT2D eigenvalue weighted by atomic mass is 35.5. The molecule has 0 aliphatic heterocycles. The van der Waals surface area contributed by atoms with Crippen LogP contribution in [0.1, 0.15) is 16.7 Å². The van der Waals surface area contributed by atoms with Crippen molar-refractivity contribution < 1.29 is 14.6 Å². The number of carbonyl (C=O) groups is 1. The van der Waals surface area contributed by atoms with Gasteiger partial charge in [-0.25, -0.2) is 0 Å². The molecule has 0 radical (unpaired) electrons.